The molecule has 0 bridgehead atoms. The van der Waals surface area contributed by atoms with Crippen LogP contribution in [0.5, 0.6) is 0 Å². The second-order valence-electron chi connectivity index (χ2n) is 5.77. The van der Waals surface area contributed by atoms with E-state index in [1.807, 2.05) is 12.1 Å². The molecule has 1 aromatic rings. The molecule has 0 radical (unpaired) electrons. The normalized spacial score (nSPS) is 16.4. The van der Waals surface area contributed by atoms with Crippen LogP contribution in [0.2, 0.25) is 0 Å². The fraction of sp³-hybridized carbons (Fsp3) is 0.562. The van der Waals surface area contributed by atoms with Gasteiger partial charge in [0, 0.05) is 19.3 Å². The topological polar surface area (TPSA) is 84.5 Å². The van der Waals surface area contributed by atoms with Gasteiger partial charge in [0.2, 0.25) is 15.9 Å². The van der Waals surface area contributed by atoms with Gasteiger partial charge in [0.25, 0.3) is 0 Å². The van der Waals surface area contributed by atoms with Gasteiger partial charge in [-0.2, -0.15) is 0 Å². The molecule has 1 amide bonds. The lowest BCUT2D eigenvalue weighted by Crippen LogP contribution is -2.49. The van der Waals surface area contributed by atoms with E-state index in [-0.39, 0.29) is 11.7 Å². The van der Waals surface area contributed by atoms with Crippen LogP contribution in [0.25, 0.3) is 0 Å². The Labute approximate surface area is 137 Å². The van der Waals surface area contributed by atoms with Crippen molar-refractivity contribution in [2.75, 3.05) is 30.7 Å². The van der Waals surface area contributed by atoms with Gasteiger partial charge in [-0.3, -0.25) is 9.52 Å². The Hall–Kier alpha value is -1.60. The predicted molar refractivity (Wildman–Crippen MR) is 89.9 cm³/mol. The SMILES string of the molecule is CCS(=O)(=O)Nc1ccc(C2(C(=O)NCCOC)CCC2)cc1. The van der Waals surface area contributed by atoms with Gasteiger partial charge in [0.1, 0.15) is 0 Å². The van der Waals surface area contributed by atoms with Crippen molar-refractivity contribution in [1.29, 1.82) is 0 Å². The summed E-state index contributed by atoms with van der Waals surface area (Å²) in [6.07, 6.45) is 2.64. The van der Waals surface area contributed by atoms with Gasteiger partial charge in [-0.05, 0) is 37.5 Å². The van der Waals surface area contributed by atoms with Gasteiger partial charge in [-0.15, -0.1) is 0 Å². The van der Waals surface area contributed by atoms with Crippen LogP contribution in [0.1, 0.15) is 31.7 Å². The van der Waals surface area contributed by atoms with Crippen molar-refractivity contribution in [2.24, 2.45) is 0 Å². The standard InChI is InChI=1S/C16H24N2O4S/c1-3-23(20,21)18-14-7-5-13(6-8-14)16(9-4-10-16)15(19)17-11-12-22-2/h5-8,18H,3-4,9-12H2,1-2H3,(H,17,19). The molecule has 1 fully saturated rings. The van der Waals surface area contributed by atoms with Crippen molar-refractivity contribution >= 4 is 21.6 Å². The summed E-state index contributed by atoms with van der Waals surface area (Å²) in [5, 5.41) is 2.91. The van der Waals surface area contributed by atoms with Gasteiger partial charge in [0.15, 0.2) is 0 Å². The highest BCUT2D eigenvalue weighted by molar-refractivity contribution is 7.92. The van der Waals surface area contributed by atoms with Gasteiger partial charge >= 0.3 is 0 Å². The lowest BCUT2D eigenvalue weighted by Gasteiger charge is -2.40. The van der Waals surface area contributed by atoms with Gasteiger partial charge in [-0.1, -0.05) is 18.6 Å². The van der Waals surface area contributed by atoms with E-state index in [2.05, 4.69) is 10.0 Å². The van der Waals surface area contributed by atoms with Crippen molar-refractivity contribution < 1.29 is 17.9 Å². The summed E-state index contributed by atoms with van der Waals surface area (Å²) in [4.78, 5) is 12.5. The first-order valence-corrected chi connectivity index (χ1v) is 9.47. The van der Waals surface area contributed by atoms with E-state index in [1.165, 1.54) is 0 Å². The van der Waals surface area contributed by atoms with Crippen LogP contribution in [0.4, 0.5) is 5.69 Å². The Bertz CT molecular complexity index is 637. The molecule has 23 heavy (non-hydrogen) atoms. The molecule has 1 aliphatic carbocycles. The zero-order valence-electron chi connectivity index (χ0n) is 13.6. The van der Waals surface area contributed by atoms with Crippen molar-refractivity contribution in [1.82, 2.24) is 5.32 Å². The first-order chi connectivity index (χ1) is 10.9. The highest BCUT2D eigenvalue weighted by Gasteiger charge is 2.45. The maximum Gasteiger partial charge on any atom is 0.232 e. The Morgan fingerprint density at radius 2 is 1.91 bits per heavy atom. The molecule has 2 rings (SSSR count). The molecule has 0 heterocycles. The van der Waals surface area contributed by atoms with Crippen LogP contribution < -0.4 is 10.0 Å². The van der Waals surface area contributed by atoms with Crippen molar-refractivity contribution in [3.05, 3.63) is 29.8 Å². The van der Waals surface area contributed by atoms with Crippen LogP contribution in [0.3, 0.4) is 0 Å². The van der Waals surface area contributed by atoms with Gasteiger partial charge < -0.3 is 10.1 Å². The zero-order chi connectivity index (χ0) is 16.9. The molecule has 7 heteroatoms. The summed E-state index contributed by atoms with van der Waals surface area (Å²) in [6.45, 7) is 2.56. The molecule has 2 N–H and O–H groups in total. The lowest BCUT2D eigenvalue weighted by atomic mass is 9.64. The van der Waals surface area contributed by atoms with E-state index in [9.17, 15) is 13.2 Å². The average molecular weight is 340 g/mol. The molecule has 1 saturated carbocycles. The number of hydrogen-bond donors (Lipinski definition) is 2. The van der Waals surface area contributed by atoms with Crippen LogP contribution in [-0.2, 0) is 25.0 Å². The number of anilines is 1. The van der Waals surface area contributed by atoms with Crippen LogP contribution in [0, 0.1) is 0 Å². The third kappa shape index (κ3) is 4.03. The van der Waals surface area contributed by atoms with Gasteiger partial charge in [0.05, 0.1) is 17.8 Å². The molecular formula is C16H24N2O4S. The Morgan fingerprint density at radius 1 is 1.26 bits per heavy atom. The quantitative estimate of drug-likeness (QED) is 0.705. The number of ether oxygens (including phenoxy) is 1. The van der Waals surface area contributed by atoms with Crippen molar-refractivity contribution in [2.45, 2.75) is 31.6 Å². The Kier molecular flexibility index (Phi) is 5.64. The minimum absolute atomic E-state index is 0.0164. The number of amides is 1. The highest BCUT2D eigenvalue weighted by Crippen LogP contribution is 2.44. The fourth-order valence-electron chi connectivity index (χ4n) is 2.72. The molecular weight excluding hydrogens is 316 g/mol. The molecule has 0 saturated heterocycles. The minimum Gasteiger partial charge on any atom is -0.383 e. The van der Waals surface area contributed by atoms with Crippen molar-refractivity contribution in [3.8, 4) is 0 Å². The third-order valence-electron chi connectivity index (χ3n) is 4.32. The monoisotopic (exact) mass is 340 g/mol. The maximum atomic E-state index is 12.5. The van der Waals surface area contributed by atoms with E-state index < -0.39 is 15.4 Å². The number of nitrogens with one attached hydrogen (secondary N) is 2. The van der Waals surface area contributed by atoms with E-state index in [4.69, 9.17) is 4.74 Å². The number of benzene rings is 1. The van der Waals surface area contributed by atoms with E-state index in [1.54, 1.807) is 26.2 Å². The van der Waals surface area contributed by atoms with Crippen LogP contribution in [-0.4, -0.2) is 40.3 Å². The first-order valence-electron chi connectivity index (χ1n) is 7.82. The molecule has 1 aromatic carbocycles. The average Bonchev–Trinajstić information content (AvgIpc) is 2.48. The molecule has 0 atom stereocenters. The van der Waals surface area contributed by atoms with E-state index in [0.29, 0.717) is 18.8 Å². The maximum absolute atomic E-state index is 12.5. The number of sulfonamides is 1. The predicted octanol–water partition coefficient (Wildman–Crippen LogP) is 1.63. The molecule has 128 valence electrons. The first kappa shape index (κ1) is 17.7. The van der Waals surface area contributed by atoms with E-state index in [0.717, 1.165) is 24.8 Å². The molecule has 1 aliphatic rings. The number of methoxy groups -OCH3 is 1. The summed E-state index contributed by atoms with van der Waals surface area (Å²) in [6, 6.07) is 7.10. The number of hydrogen-bond acceptors (Lipinski definition) is 4. The molecule has 0 spiro atoms. The summed E-state index contributed by atoms with van der Waals surface area (Å²) in [5.41, 5.74) is 0.957. The van der Waals surface area contributed by atoms with E-state index >= 15 is 0 Å². The second kappa shape index (κ2) is 7.31. The Morgan fingerprint density at radius 3 is 2.39 bits per heavy atom. The molecule has 0 unspecified atom stereocenters. The summed E-state index contributed by atoms with van der Waals surface area (Å²) in [7, 11) is -1.69. The molecule has 0 aromatic heterocycles. The zero-order valence-corrected chi connectivity index (χ0v) is 14.4. The van der Waals surface area contributed by atoms with Gasteiger partial charge in [-0.25, -0.2) is 8.42 Å². The highest BCUT2D eigenvalue weighted by atomic mass is 32.2. The summed E-state index contributed by atoms with van der Waals surface area (Å²) < 4.78 is 30.6. The van der Waals surface area contributed by atoms with Crippen LogP contribution in [0.15, 0.2) is 24.3 Å². The smallest absolute Gasteiger partial charge is 0.232 e. The third-order valence-corrected chi connectivity index (χ3v) is 5.63. The summed E-state index contributed by atoms with van der Waals surface area (Å²) in [5.74, 6) is 0.0447. The number of rotatable bonds is 8. The summed E-state index contributed by atoms with van der Waals surface area (Å²) >= 11 is 0. The van der Waals surface area contributed by atoms with Crippen molar-refractivity contribution in [3.63, 3.8) is 0 Å². The number of carbonyl (C=O) groups is 1. The largest absolute Gasteiger partial charge is 0.383 e. The number of carbonyl (C=O) groups excluding carboxylic acids is 1. The molecule has 6 nitrogen and oxygen atoms in total. The lowest BCUT2D eigenvalue weighted by molar-refractivity contribution is -0.130. The second-order valence-corrected chi connectivity index (χ2v) is 7.78. The fourth-order valence-corrected chi connectivity index (χ4v) is 3.36. The minimum atomic E-state index is -3.29. The molecule has 0 aliphatic heterocycles. The Balaban J connectivity index is 2.11. The van der Waals surface area contributed by atoms with Crippen LogP contribution >= 0.6 is 0 Å².